The van der Waals surface area contributed by atoms with Gasteiger partial charge >= 0.3 is 0 Å². The molecule has 1 fully saturated rings. The maximum absolute atomic E-state index is 12.7. The SMILES string of the molecule is COc1ccc(C(=O)Nc2cccc(CN3CCOCC3)n2)cc1S(=O)(=O)N(C)C. The highest BCUT2D eigenvalue weighted by Crippen LogP contribution is 2.27. The van der Waals surface area contributed by atoms with Gasteiger partial charge in [0.15, 0.2) is 0 Å². The standard InChI is InChI=1S/C20H26N4O5S/c1-23(2)30(26,27)18-13-15(7-8-17(18)28-3)20(25)22-19-6-4-5-16(21-19)14-24-9-11-29-12-10-24/h4-8,13H,9-12,14H2,1-3H3,(H,21,22,25). The Bertz CT molecular complexity index is 1000. The molecule has 10 heteroatoms. The molecule has 0 bridgehead atoms. The number of nitrogens with one attached hydrogen (secondary N) is 1. The van der Waals surface area contributed by atoms with E-state index in [2.05, 4.69) is 15.2 Å². The first-order valence-corrected chi connectivity index (χ1v) is 10.9. The van der Waals surface area contributed by atoms with Crippen LogP contribution in [0.4, 0.5) is 5.82 Å². The maximum atomic E-state index is 12.7. The number of aromatic nitrogens is 1. The molecule has 0 unspecified atom stereocenters. The number of morpholine rings is 1. The number of pyridine rings is 1. The number of anilines is 1. The zero-order chi connectivity index (χ0) is 21.7. The molecule has 2 heterocycles. The summed E-state index contributed by atoms with van der Waals surface area (Å²) in [6.45, 7) is 3.75. The molecule has 30 heavy (non-hydrogen) atoms. The Balaban J connectivity index is 1.78. The van der Waals surface area contributed by atoms with E-state index >= 15 is 0 Å². The first-order valence-electron chi connectivity index (χ1n) is 9.49. The van der Waals surface area contributed by atoms with Crippen molar-refractivity contribution in [2.24, 2.45) is 0 Å². The van der Waals surface area contributed by atoms with Crippen LogP contribution in [-0.2, 0) is 21.3 Å². The second-order valence-electron chi connectivity index (χ2n) is 7.01. The molecule has 1 aliphatic heterocycles. The lowest BCUT2D eigenvalue weighted by Crippen LogP contribution is -2.35. The summed E-state index contributed by atoms with van der Waals surface area (Å²) in [5.41, 5.74) is 1.02. The highest BCUT2D eigenvalue weighted by atomic mass is 32.2. The van der Waals surface area contributed by atoms with E-state index in [0.29, 0.717) is 25.6 Å². The Morgan fingerprint density at radius 2 is 1.97 bits per heavy atom. The third-order valence-corrected chi connectivity index (χ3v) is 6.56. The van der Waals surface area contributed by atoms with Crippen molar-refractivity contribution in [3.8, 4) is 5.75 Å². The maximum Gasteiger partial charge on any atom is 0.256 e. The van der Waals surface area contributed by atoms with E-state index in [9.17, 15) is 13.2 Å². The van der Waals surface area contributed by atoms with E-state index in [-0.39, 0.29) is 16.2 Å². The minimum atomic E-state index is -3.77. The Morgan fingerprint density at radius 3 is 2.63 bits per heavy atom. The number of hydrogen-bond donors (Lipinski definition) is 1. The van der Waals surface area contributed by atoms with Crippen LogP contribution in [0.2, 0.25) is 0 Å². The minimum absolute atomic E-state index is 0.0725. The molecule has 0 radical (unpaired) electrons. The minimum Gasteiger partial charge on any atom is -0.495 e. The molecule has 162 valence electrons. The van der Waals surface area contributed by atoms with E-state index in [0.717, 1.165) is 23.1 Å². The summed E-state index contributed by atoms with van der Waals surface area (Å²) in [5, 5.41) is 2.74. The van der Waals surface area contributed by atoms with Gasteiger partial charge in [0.05, 0.1) is 26.0 Å². The number of amides is 1. The van der Waals surface area contributed by atoms with Crippen LogP contribution in [0.15, 0.2) is 41.3 Å². The van der Waals surface area contributed by atoms with Crippen molar-refractivity contribution in [2.45, 2.75) is 11.4 Å². The Labute approximate surface area is 176 Å². The van der Waals surface area contributed by atoms with Crippen LogP contribution in [0, 0.1) is 0 Å². The zero-order valence-electron chi connectivity index (χ0n) is 17.3. The van der Waals surface area contributed by atoms with Gasteiger partial charge in [-0.2, -0.15) is 0 Å². The van der Waals surface area contributed by atoms with Crippen LogP contribution in [0.1, 0.15) is 16.1 Å². The fourth-order valence-electron chi connectivity index (χ4n) is 3.03. The third-order valence-electron chi connectivity index (χ3n) is 4.72. The Kier molecular flexibility index (Phi) is 7.03. The summed E-state index contributed by atoms with van der Waals surface area (Å²) in [6.07, 6.45) is 0. The number of hydrogen-bond acceptors (Lipinski definition) is 7. The van der Waals surface area contributed by atoms with E-state index in [1.54, 1.807) is 6.07 Å². The van der Waals surface area contributed by atoms with Crippen LogP contribution in [0.3, 0.4) is 0 Å². The normalized spacial score (nSPS) is 15.2. The van der Waals surface area contributed by atoms with Gasteiger partial charge in [0.1, 0.15) is 16.5 Å². The van der Waals surface area contributed by atoms with Gasteiger partial charge in [0.25, 0.3) is 5.91 Å². The number of nitrogens with zero attached hydrogens (tertiary/aromatic N) is 3. The number of carbonyl (C=O) groups is 1. The molecule has 1 saturated heterocycles. The van der Waals surface area contributed by atoms with Crippen LogP contribution in [-0.4, -0.2) is 76.0 Å². The molecule has 0 aliphatic carbocycles. The summed E-state index contributed by atoms with van der Waals surface area (Å²) in [6, 6.07) is 9.71. The van der Waals surface area contributed by atoms with Crippen molar-refractivity contribution in [3.63, 3.8) is 0 Å². The van der Waals surface area contributed by atoms with E-state index in [1.165, 1.54) is 39.4 Å². The van der Waals surface area contributed by atoms with Gasteiger partial charge in [0.2, 0.25) is 10.0 Å². The molecule has 1 aromatic carbocycles. The average molecular weight is 435 g/mol. The number of rotatable bonds is 7. The molecule has 0 atom stereocenters. The van der Waals surface area contributed by atoms with Crippen LogP contribution >= 0.6 is 0 Å². The monoisotopic (exact) mass is 434 g/mol. The van der Waals surface area contributed by atoms with Crippen molar-refractivity contribution >= 4 is 21.7 Å². The molecule has 1 N–H and O–H groups in total. The Hall–Kier alpha value is -2.53. The lowest BCUT2D eigenvalue weighted by atomic mass is 10.2. The van der Waals surface area contributed by atoms with Gasteiger partial charge in [0, 0.05) is 39.3 Å². The molecule has 0 spiro atoms. The second kappa shape index (κ2) is 9.52. The number of methoxy groups -OCH3 is 1. The number of ether oxygens (including phenoxy) is 2. The Morgan fingerprint density at radius 1 is 1.23 bits per heavy atom. The third kappa shape index (κ3) is 5.14. The van der Waals surface area contributed by atoms with Crippen molar-refractivity contribution in [1.82, 2.24) is 14.2 Å². The molecule has 9 nitrogen and oxygen atoms in total. The van der Waals surface area contributed by atoms with Gasteiger partial charge in [-0.05, 0) is 30.3 Å². The number of benzene rings is 1. The largest absolute Gasteiger partial charge is 0.495 e. The van der Waals surface area contributed by atoms with Crippen molar-refractivity contribution in [3.05, 3.63) is 47.7 Å². The first-order chi connectivity index (χ1) is 14.3. The van der Waals surface area contributed by atoms with Crippen LogP contribution in [0.25, 0.3) is 0 Å². The fraction of sp³-hybridized carbons (Fsp3) is 0.400. The molecule has 3 rings (SSSR count). The molecule has 2 aromatic rings. The second-order valence-corrected chi connectivity index (χ2v) is 9.13. The fourth-order valence-corrected chi connectivity index (χ4v) is 4.11. The van der Waals surface area contributed by atoms with Crippen molar-refractivity contribution < 1.29 is 22.7 Å². The number of sulfonamides is 1. The summed E-state index contributed by atoms with van der Waals surface area (Å²) in [5.74, 6) is 0.119. The lowest BCUT2D eigenvalue weighted by Gasteiger charge is -2.26. The molecule has 0 saturated carbocycles. The number of carbonyl (C=O) groups excluding carboxylic acids is 1. The molecular weight excluding hydrogens is 408 g/mol. The molecule has 1 amide bonds. The zero-order valence-corrected chi connectivity index (χ0v) is 18.1. The summed E-state index contributed by atoms with van der Waals surface area (Å²) < 4.78 is 36.7. The average Bonchev–Trinajstić information content (AvgIpc) is 2.74. The van der Waals surface area contributed by atoms with Crippen molar-refractivity contribution in [1.29, 1.82) is 0 Å². The molecule has 1 aliphatic rings. The predicted molar refractivity (Wildman–Crippen MR) is 112 cm³/mol. The predicted octanol–water partition coefficient (Wildman–Crippen LogP) is 1.42. The quantitative estimate of drug-likeness (QED) is 0.703. The molecular formula is C20H26N4O5S. The highest BCUT2D eigenvalue weighted by molar-refractivity contribution is 7.89. The van der Waals surface area contributed by atoms with Crippen LogP contribution in [0.5, 0.6) is 5.75 Å². The highest BCUT2D eigenvalue weighted by Gasteiger charge is 2.24. The summed E-state index contributed by atoms with van der Waals surface area (Å²) >= 11 is 0. The van der Waals surface area contributed by atoms with Gasteiger partial charge in [-0.3, -0.25) is 9.69 Å². The summed E-state index contributed by atoms with van der Waals surface area (Å²) in [4.78, 5) is 19.4. The van der Waals surface area contributed by atoms with Crippen molar-refractivity contribution in [2.75, 3.05) is 52.8 Å². The van der Waals surface area contributed by atoms with Gasteiger partial charge < -0.3 is 14.8 Å². The first kappa shape index (κ1) is 22.2. The topological polar surface area (TPSA) is 101 Å². The van der Waals surface area contributed by atoms with E-state index in [4.69, 9.17) is 9.47 Å². The molecule has 1 aromatic heterocycles. The van der Waals surface area contributed by atoms with E-state index < -0.39 is 15.9 Å². The lowest BCUT2D eigenvalue weighted by molar-refractivity contribution is 0.0337. The van der Waals surface area contributed by atoms with Gasteiger partial charge in [-0.25, -0.2) is 17.7 Å². The smallest absolute Gasteiger partial charge is 0.256 e. The van der Waals surface area contributed by atoms with Crippen LogP contribution < -0.4 is 10.1 Å². The summed E-state index contributed by atoms with van der Waals surface area (Å²) in [7, 11) is 0.452. The van der Waals surface area contributed by atoms with Gasteiger partial charge in [-0.1, -0.05) is 6.07 Å². The van der Waals surface area contributed by atoms with Gasteiger partial charge in [-0.15, -0.1) is 0 Å². The van der Waals surface area contributed by atoms with E-state index in [1.807, 2.05) is 12.1 Å².